The van der Waals surface area contributed by atoms with Crippen LogP contribution >= 0.6 is 0 Å². The number of carbonyl (C=O) groups is 1. The summed E-state index contributed by atoms with van der Waals surface area (Å²) in [6.07, 6.45) is -6.21. The molecule has 5 atom stereocenters. The fourth-order valence-electron chi connectivity index (χ4n) is 4.50. The van der Waals surface area contributed by atoms with Crippen LogP contribution in [-0.2, 0) is 14.3 Å². The number of aliphatic hydroxyl groups is 3. The van der Waals surface area contributed by atoms with E-state index in [1.165, 1.54) is 30.3 Å². The molecular weight excluding hydrogens is 600 g/mol. The van der Waals surface area contributed by atoms with E-state index in [0.717, 1.165) is 30.3 Å². The Morgan fingerprint density at radius 3 is 2.18 bits per heavy atom. The molecule has 236 valence electrons. The molecule has 0 bridgehead atoms. The van der Waals surface area contributed by atoms with Crippen molar-refractivity contribution in [3.05, 3.63) is 70.4 Å². The summed E-state index contributed by atoms with van der Waals surface area (Å²) in [7, 11) is 0. The first-order valence-corrected chi connectivity index (χ1v) is 13.1. The molecule has 0 amide bonds. The van der Waals surface area contributed by atoms with Crippen LogP contribution in [0.3, 0.4) is 0 Å². The van der Waals surface area contributed by atoms with Gasteiger partial charge in [0, 0.05) is 23.8 Å². The number of rotatable bonds is 7. The SMILES string of the molecule is O=C(/C=C/c1ccc(O)c(O)c1)OC[C@H]1O[C@@H](Oc2cc(O)c3c(=O)c(O)c(-c4ccc(O)c(O)c4)oc3c2)[C@H](O)[C@@H](O)[C@@H]1O. The van der Waals surface area contributed by atoms with Gasteiger partial charge in [-0.2, -0.15) is 0 Å². The number of aromatic hydroxyl groups is 6. The smallest absolute Gasteiger partial charge is 0.330 e. The van der Waals surface area contributed by atoms with Crippen molar-refractivity contribution in [1.29, 1.82) is 0 Å². The number of carbonyl (C=O) groups excluding carboxylic acids is 1. The van der Waals surface area contributed by atoms with Gasteiger partial charge in [-0.25, -0.2) is 4.79 Å². The van der Waals surface area contributed by atoms with E-state index < -0.39 is 88.6 Å². The monoisotopic (exact) mass is 626 g/mol. The summed E-state index contributed by atoms with van der Waals surface area (Å²) in [4.78, 5) is 25.0. The third kappa shape index (κ3) is 6.27. The number of benzene rings is 3. The minimum Gasteiger partial charge on any atom is -0.507 e. The highest BCUT2D eigenvalue weighted by molar-refractivity contribution is 5.88. The summed E-state index contributed by atoms with van der Waals surface area (Å²) in [6.45, 7) is -0.602. The zero-order valence-corrected chi connectivity index (χ0v) is 22.8. The molecule has 1 fully saturated rings. The van der Waals surface area contributed by atoms with E-state index in [1.54, 1.807) is 0 Å². The number of hydrogen-bond donors (Lipinski definition) is 9. The van der Waals surface area contributed by atoms with Gasteiger partial charge in [0.2, 0.25) is 17.5 Å². The van der Waals surface area contributed by atoms with Crippen LogP contribution in [-0.4, -0.2) is 89.2 Å². The maximum atomic E-state index is 12.8. The van der Waals surface area contributed by atoms with Gasteiger partial charge in [0.25, 0.3) is 0 Å². The lowest BCUT2D eigenvalue weighted by Crippen LogP contribution is -2.60. The van der Waals surface area contributed by atoms with Gasteiger partial charge in [-0.3, -0.25) is 4.79 Å². The van der Waals surface area contributed by atoms with Crippen molar-refractivity contribution in [2.75, 3.05) is 6.61 Å². The first-order chi connectivity index (χ1) is 21.3. The van der Waals surface area contributed by atoms with E-state index in [9.17, 15) is 55.5 Å². The second-order valence-corrected chi connectivity index (χ2v) is 9.97. The van der Waals surface area contributed by atoms with Crippen molar-refractivity contribution in [3.8, 4) is 51.6 Å². The molecule has 0 unspecified atom stereocenters. The summed E-state index contributed by atoms with van der Waals surface area (Å²) in [5.74, 6) is -4.93. The van der Waals surface area contributed by atoms with Crippen LogP contribution in [0.5, 0.6) is 40.2 Å². The molecule has 0 aliphatic carbocycles. The topological polar surface area (TPSA) is 257 Å². The van der Waals surface area contributed by atoms with Crippen LogP contribution in [0.15, 0.2) is 63.8 Å². The maximum Gasteiger partial charge on any atom is 0.330 e. The lowest BCUT2D eigenvalue weighted by atomic mass is 9.99. The van der Waals surface area contributed by atoms with Crippen LogP contribution in [0, 0.1) is 0 Å². The van der Waals surface area contributed by atoms with Gasteiger partial charge in [-0.1, -0.05) is 6.07 Å². The number of phenols is 5. The highest BCUT2D eigenvalue weighted by Crippen LogP contribution is 2.38. The first-order valence-electron chi connectivity index (χ1n) is 13.1. The fraction of sp³-hybridized carbons (Fsp3) is 0.200. The number of hydrogen-bond acceptors (Lipinski definition) is 15. The number of phenolic OH excluding ortho intramolecular Hbond substituents is 5. The van der Waals surface area contributed by atoms with Crippen molar-refractivity contribution in [2.24, 2.45) is 0 Å². The predicted molar refractivity (Wildman–Crippen MR) is 152 cm³/mol. The van der Waals surface area contributed by atoms with E-state index >= 15 is 0 Å². The quantitative estimate of drug-likeness (QED) is 0.0791. The Labute approximate surface area is 251 Å². The molecule has 0 spiro atoms. The van der Waals surface area contributed by atoms with Gasteiger partial charge in [0.15, 0.2) is 28.8 Å². The average Bonchev–Trinajstić information content (AvgIpc) is 3.00. The van der Waals surface area contributed by atoms with E-state index in [2.05, 4.69) is 0 Å². The fourth-order valence-corrected chi connectivity index (χ4v) is 4.50. The third-order valence-corrected chi connectivity index (χ3v) is 6.88. The minimum atomic E-state index is -1.84. The molecule has 0 saturated carbocycles. The average molecular weight is 627 g/mol. The highest BCUT2D eigenvalue weighted by Gasteiger charge is 2.45. The number of aliphatic hydroxyl groups excluding tert-OH is 3. The number of ether oxygens (including phenoxy) is 3. The molecule has 5 rings (SSSR count). The Morgan fingerprint density at radius 1 is 0.800 bits per heavy atom. The van der Waals surface area contributed by atoms with Crippen molar-refractivity contribution >= 4 is 23.0 Å². The minimum absolute atomic E-state index is 0.00389. The van der Waals surface area contributed by atoms with Gasteiger partial charge >= 0.3 is 5.97 Å². The van der Waals surface area contributed by atoms with Crippen LogP contribution in [0.4, 0.5) is 0 Å². The van der Waals surface area contributed by atoms with E-state index in [0.29, 0.717) is 5.56 Å². The van der Waals surface area contributed by atoms with Crippen LogP contribution in [0.25, 0.3) is 28.4 Å². The van der Waals surface area contributed by atoms with Gasteiger partial charge in [0.1, 0.15) is 53.5 Å². The zero-order chi connectivity index (χ0) is 32.6. The van der Waals surface area contributed by atoms with Crippen LogP contribution in [0.2, 0.25) is 0 Å². The summed E-state index contributed by atoms with van der Waals surface area (Å²) in [6, 6.07) is 9.25. The molecule has 0 radical (unpaired) electrons. The molecule has 15 heteroatoms. The molecule has 1 aliphatic rings. The van der Waals surface area contributed by atoms with Crippen molar-refractivity contribution in [2.45, 2.75) is 30.7 Å². The number of esters is 1. The van der Waals surface area contributed by atoms with E-state index in [1.807, 2.05) is 0 Å². The Morgan fingerprint density at radius 2 is 1.49 bits per heavy atom. The van der Waals surface area contributed by atoms with E-state index in [-0.39, 0.29) is 22.6 Å². The molecule has 2 heterocycles. The number of fused-ring (bicyclic) bond motifs is 1. The lowest BCUT2D eigenvalue weighted by Gasteiger charge is -2.39. The summed E-state index contributed by atoms with van der Waals surface area (Å²) >= 11 is 0. The molecule has 15 nitrogen and oxygen atoms in total. The molecule has 1 aliphatic heterocycles. The summed E-state index contributed by atoms with van der Waals surface area (Å²) < 4.78 is 21.8. The lowest BCUT2D eigenvalue weighted by molar-refractivity contribution is -0.278. The molecule has 1 saturated heterocycles. The van der Waals surface area contributed by atoms with Gasteiger partial charge in [-0.05, 0) is 42.0 Å². The largest absolute Gasteiger partial charge is 0.507 e. The Balaban J connectivity index is 1.34. The normalized spacial score (nSPS) is 21.6. The highest BCUT2D eigenvalue weighted by atomic mass is 16.7. The Bertz CT molecular complexity index is 1850. The van der Waals surface area contributed by atoms with Gasteiger partial charge in [0.05, 0.1) is 0 Å². The predicted octanol–water partition coefficient (Wildman–Crippen LogP) is 1.14. The third-order valence-electron chi connectivity index (χ3n) is 6.88. The molecule has 3 aromatic carbocycles. The van der Waals surface area contributed by atoms with Gasteiger partial charge in [-0.15, -0.1) is 0 Å². The standard InChI is InChI=1S/C30H26O15/c31-15-4-1-12(7-17(15)33)2-6-22(36)42-11-21-24(37)26(39)28(41)30(45-21)43-14-9-19(35)23-20(10-14)44-29(27(40)25(23)38)13-3-5-16(32)18(34)8-13/h1-10,21,24,26,28,30-35,37,39-41H,11H2/b6-2+/t21-,24-,26+,28-,30-/m1/s1. The molecule has 45 heavy (non-hydrogen) atoms. The van der Waals surface area contributed by atoms with E-state index in [4.69, 9.17) is 18.6 Å². The summed E-state index contributed by atoms with van der Waals surface area (Å²) in [5.41, 5.74) is -0.973. The first kappa shape index (κ1) is 31.0. The Kier molecular flexibility index (Phi) is 8.43. The second-order valence-electron chi connectivity index (χ2n) is 9.97. The second kappa shape index (κ2) is 12.3. The Hall–Kier alpha value is -5.48. The maximum absolute atomic E-state index is 12.8. The summed E-state index contributed by atoms with van der Waals surface area (Å²) in [5, 5.41) is 90.1. The van der Waals surface area contributed by atoms with Gasteiger partial charge < -0.3 is 64.6 Å². The van der Waals surface area contributed by atoms with Crippen molar-refractivity contribution < 1.29 is 69.4 Å². The van der Waals surface area contributed by atoms with Crippen molar-refractivity contribution in [3.63, 3.8) is 0 Å². The molecule has 1 aromatic heterocycles. The molecule has 4 aromatic rings. The molecule has 9 N–H and O–H groups in total. The van der Waals surface area contributed by atoms with Crippen molar-refractivity contribution in [1.82, 2.24) is 0 Å². The van der Waals surface area contributed by atoms with Crippen LogP contribution in [0.1, 0.15) is 5.56 Å². The molecular formula is C30H26O15. The van der Waals surface area contributed by atoms with Crippen LogP contribution < -0.4 is 10.2 Å². The zero-order valence-electron chi connectivity index (χ0n) is 22.8.